The van der Waals surface area contributed by atoms with E-state index in [-0.39, 0.29) is 0 Å². The number of thiazole rings is 1. The molecule has 1 aromatic carbocycles. The van der Waals surface area contributed by atoms with Crippen LogP contribution < -0.4 is 10.5 Å². The summed E-state index contributed by atoms with van der Waals surface area (Å²) < 4.78 is 5.85. The van der Waals surface area contributed by atoms with Gasteiger partial charge in [0.05, 0.1) is 12.3 Å². The molecule has 0 fully saturated rings. The zero-order valence-corrected chi connectivity index (χ0v) is 14.2. The van der Waals surface area contributed by atoms with Crippen molar-refractivity contribution in [2.75, 3.05) is 12.3 Å². The van der Waals surface area contributed by atoms with Crippen molar-refractivity contribution in [2.24, 2.45) is 0 Å². The number of rotatable bonds is 10. The number of anilines is 1. The van der Waals surface area contributed by atoms with E-state index in [9.17, 15) is 0 Å². The molecule has 0 bridgehead atoms. The average molecular weight is 318 g/mol. The van der Waals surface area contributed by atoms with Gasteiger partial charge >= 0.3 is 0 Å². The second kappa shape index (κ2) is 9.46. The molecule has 3 nitrogen and oxygen atoms in total. The third kappa shape index (κ3) is 5.68. The minimum absolute atomic E-state index is 0.601. The molecule has 0 unspecified atom stereocenters. The Bertz CT molecular complexity index is 554. The molecule has 0 radical (unpaired) electrons. The van der Waals surface area contributed by atoms with Crippen molar-refractivity contribution in [3.8, 4) is 17.0 Å². The van der Waals surface area contributed by atoms with Gasteiger partial charge in [0.15, 0.2) is 5.13 Å². The van der Waals surface area contributed by atoms with Crippen molar-refractivity contribution in [2.45, 2.75) is 51.9 Å². The molecule has 0 amide bonds. The summed E-state index contributed by atoms with van der Waals surface area (Å²) in [5.41, 5.74) is 7.67. The van der Waals surface area contributed by atoms with Crippen LogP contribution >= 0.6 is 11.3 Å². The molecule has 2 rings (SSSR count). The Balaban J connectivity index is 1.70. The Morgan fingerprint density at radius 1 is 1.09 bits per heavy atom. The molecule has 120 valence electrons. The highest BCUT2D eigenvalue weighted by molar-refractivity contribution is 7.13. The lowest BCUT2D eigenvalue weighted by atomic mass is 10.1. The van der Waals surface area contributed by atoms with Crippen LogP contribution in [0, 0.1) is 0 Å². The molecule has 0 aliphatic rings. The molecule has 2 N–H and O–H groups in total. The zero-order valence-electron chi connectivity index (χ0n) is 13.4. The number of nitrogen functional groups attached to an aromatic ring is 1. The summed E-state index contributed by atoms with van der Waals surface area (Å²) in [6, 6.07) is 8.08. The zero-order chi connectivity index (χ0) is 15.6. The molecular formula is C18H26N2OS. The topological polar surface area (TPSA) is 48.1 Å². The Morgan fingerprint density at radius 2 is 1.86 bits per heavy atom. The molecule has 1 heterocycles. The van der Waals surface area contributed by atoms with Crippen molar-refractivity contribution < 1.29 is 4.74 Å². The van der Waals surface area contributed by atoms with Crippen molar-refractivity contribution >= 4 is 16.5 Å². The monoisotopic (exact) mass is 318 g/mol. The molecule has 0 atom stereocenters. The van der Waals surface area contributed by atoms with Crippen LogP contribution in [0.1, 0.15) is 51.9 Å². The van der Waals surface area contributed by atoms with Crippen LogP contribution in [0.5, 0.6) is 5.75 Å². The molecular weight excluding hydrogens is 292 g/mol. The highest BCUT2D eigenvalue weighted by Crippen LogP contribution is 2.26. The lowest BCUT2D eigenvalue weighted by molar-refractivity contribution is 0.304. The molecule has 0 aliphatic carbocycles. The summed E-state index contributed by atoms with van der Waals surface area (Å²) in [6.07, 6.45) is 9.10. The second-order valence-corrected chi connectivity index (χ2v) is 6.46. The van der Waals surface area contributed by atoms with Crippen LogP contribution in [0.25, 0.3) is 11.3 Å². The van der Waals surface area contributed by atoms with Crippen molar-refractivity contribution in [3.63, 3.8) is 0 Å². The predicted molar refractivity (Wildman–Crippen MR) is 95.5 cm³/mol. The largest absolute Gasteiger partial charge is 0.494 e. The molecule has 1 aromatic heterocycles. The number of hydrogen-bond acceptors (Lipinski definition) is 4. The van der Waals surface area contributed by atoms with Gasteiger partial charge in [0.1, 0.15) is 5.75 Å². The fraction of sp³-hybridized carbons (Fsp3) is 0.500. The summed E-state index contributed by atoms with van der Waals surface area (Å²) >= 11 is 1.46. The van der Waals surface area contributed by atoms with E-state index in [4.69, 9.17) is 10.5 Å². The SMILES string of the molecule is CCCCCCCCCOc1cccc(-c2csc(N)n2)c1. The predicted octanol–water partition coefficient (Wildman–Crippen LogP) is 5.52. The summed E-state index contributed by atoms with van der Waals surface area (Å²) in [5, 5.41) is 2.58. The third-order valence-electron chi connectivity index (χ3n) is 3.67. The molecule has 22 heavy (non-hydrogen) atoms. The summed E-state index contributed by atoms with van der Waals surface area (Å²) in [5.74, 6) is 0.912. The van der Waals surface area contributed by atoms with Gasteiger partial charge < -0.3 is 10.5 Å². The average Bonchev–Trinajstić information content (AvgIpc) is 2.97. The van der Waals surface area contributed by atoms with Gasteiger partial charge in [0.2, 0.25) is 0 Å². The fourth-order valence-electron chi connectivity index (χ4n) is 2.41. The molecule has 0 saturated heterocycles. The van der Waals surface area contributed by atoms with Crippen molar-refractivity contribution in [1.82, 2.24) is 4.98 Å². The molecule has 0 spiro atoms. The van der Waals surface area contributed by atoms with E-state index in [0.717, 1.165) is 30.0 Å². The molecule has 4 heteroatoms. The quantitative estimate of drug-likeness (QED) is 0.587. The highest BCUT2D eigenvalue weighted by Gasteiger charge is 2.04. The number of unbranched alkanes of at least 4 members (excludes halogenated alkanes) is 6. The highest BCUT2D eigenvalue weighted by atomic mass is 32.1. The number of ether oxygens (including phenoxy) is 1. The Kier molecular flexibility index (Phi) is 7.23. The standard InChI is InChI=1S/C18H26N2OS/c1-2-3-4-5-6-7-8-12-21-16-11-9-10-15(13-16)17-14-22-18(19)20-17/h9-11,13-14H,2-8,12H2,1H3,(H2,19,20). The first kappa shape index (κ1) is 16.8. The van der Waals surface area contributed by atoms with E-state index >= 15 is 0 Å². The summed E-state index contributed by atoms with van der Waals surface area (Å²) in [4.78, 5) is 4.31. The Labute approximate surface area is 137 Å². The van der Waals surface area contributed by atoms with Gasteiger partial charge in [-0.2, -0.15) is 0 Å². The number of hydrogen-bond donors (Lipinski definition) is 1. The molecule has 0 aliphatic heterocycles. The Hall–Kier alpha value is -1.55. The van der Waals surface area contributed by atoms with Gasteiger partial charge in [-0.1, -0.05) is 57.6 Å². The van der Waals surface area contributed by atoms with Crippen LogP contribution in [0.4, 0.5) is 5.13 Å². The van der Waals surface area contributed by atoms with E-state index in [0.29, 0.717) is 5.13 Å². The molecule has 0 saturated carbocycles. The van der Waals surface area contributed by atoms with Crippen LogP contribution in [-0.2, 0) is 0 Å². The van der Waals surface area contributed by atoms with E-state index in [1.54, 1.807) is 0 Å². The second-order valence-electron chi connectivity index (χ2n) is 5.57. The first-order valence-corrected chi connectivity index (χ1v) is 9.12. The smallest absolute Gasteiger partial charge is 0.180 e. The van der Waals surface area contributed by atoms with Crippen molar-refractivity contribution in [1.29, 1.82) is 0 Å². The van der Waals surface area contributed by atoms with E-state index in [1.807, 2.05) is 29.6 Å². The first-order chi connectivity index (χ1) is 10.8. The first-order valence-electron chi connectivity index (χ1n) is 8.24. The van der Waals surface area contributed by atoms with Gasteiger partial charge in [-0.3, -0.25) is 0 Å². The van der Waals surface area contributed by atoms with E-state index in [2.05, 4.69) is 11.9 Å². The van der Waals surface area contributed by atoms with E-state index < -0.39 is 0 Å². The van der Waals surface area contributed by atoms with Gasteiger partial charge in [0, 0.05) is 10.9 Å². The maximum absolute atomic E-state index is 5.85. The number of benzene rings is 1. The third-order valence-corrected chi connectivity index (χ3v) is 4.34. The fourth-order valence-corrected chi connectivity index (χ4v) is 2.99. The Morgan fingerprint density at radius 3 is 2.59 bits per heavy atom. The van der Waals surface area contributed by atoms with E-state index in [1.165, 1.54) is 49.9 Å². The van der Waals surface area contributed by atoms with Crippen LogP contribution in [-0.4, -0.2) is 11.6 Å². The van der Waals surface area contributed by atoms with Gasteiger partial charge in [-0.05, 0) is 18.6 Å². The van der Waals surface area contributed by atoms with Crippen molar-refractivity contribution in [3.05, 3.63) is 29.6 Å². The minimum atomic E-state index is 0.601. The van der Waals surface area contributed by atoms with Gasteiger partial charge in [-0.15, -0.1) is 11.3 Å². The maximum atomic E-state index is 5.85. The lowest BCUT2D eigenvalue weighted by Gasteiger charge is -2.07. The van der Waals surface area contributed by atoms with Crippen LogP contribution in [0.3, 0.4) is 0 Å². The maximum Gasteiger partial charge on any atom is 0.180 e. The minimum Gasteiger partial charge on any atom is -0.494 e. The van der Waals surface area contributed by atoms with Gasteiger partial charge in [-0.25, -0.2) is 4.98 Å². The normalized spacial score (nSPS) is 10.8. The van der Waals surface area contributed by atoms with Crippen LogP contribution in [0.15, 0.2) is 29.6 Å². The van der Waals surface area contributed by atoms with Crippen LogP contribution in [0.2, 0.25) is 0 Å². The summed E-state index contributed by atoms with van der Waals surface area (Å²) in [7, 11) is 0. The number of nitrogens with zero attached hydrogens (tertiary/aromatic N) is 1. The van der Waals surface area contributed by atoms with Gasteiger partial charge in [0.25, 0.3) is 0 Å². The lowest BCUT2D eigenvalue weighted by Crippen LogP contribution is -1.97. The summed E-state index contributed by atoms with van der Waals surface area (Å²) in [6.45, 7) is 3.04. The molecule has 2 aromatic rings. The number of aromatic nitrogens is 1. The number of nitrogens with two attached hydrogens (primary N) is 1.